The van der Waals surface area contributed by atoms with E-state index in [1.807, 2.05) is 6.92 Å². The molecular weight excluding hydrogens is 328 g/mol. The molecule has 0 aliphatic carbocycles. The zero-order chi connectivity index (χ0) is 13.0. The second kappa shape index (κ2) is 6.70. The summed E-state index contributed by atoms with van der Waals surface area (Å²) in [5.41, 5.74) is 2.40. The highest BCUT2D eigenvalue weighted by molar-refractivity contribution is 9.10. The lowest BCUT2D eigenvalue weighted by Crippen LogP contribution is -2.12. The molecule has 0 atom stereocenters. The molecule has 0 saturated carbocycles. The van der Waals surface area contributed by atoms with Crippen LogP contribution in [0.2, 0.25) is 0 Å². The molecule has 0 amide bonds. The molecule has 1 aromatic carbocycles. The minimum atomic E-state index is 0.891. The van der Waals surface area contributed by atoms with Crippen molar-refractivity contribution in [3.63, 3.8) is 0 Å². The van der Waals surface area contributed by atoms with E-state index in [0.29, 0.717) is 0 Å². The molecule has 5 heteroatoms. The second-order valence-corrected chi connectivity index (χ2v) is 6.95. The molecular formula is C13H15BrN2S2. The lowest BCUT2D eigenvalue weighted by Gasteiger charge is -2.09. The maximum atomic E-state index is 4.50. The zero-order valence-corrected chi connectivity index (χ0v) is 13.6. The van der Waals surface area contributed by atoms with Crippen LogP contribution in [0.4, 0.5) is 0 Å². The van der Waals surface area contributed by atoms with E-state index in [1.54, 1.807) is 23.1 Å². The van der Waals surface area contributed by atoms with Gasteiger partial charge in [0.25, 0.3) is 0 Å². The Hall–Kier alpha value is -0.360. The van der Waals surface area contributed by atoms with E-state index in [9.17, 15) is 0 Å². The Balaban J connectivity index is 2.20. The molecule has 1 heterocycles. The van der Waals surface area contributed by atoms with Crippen molar-refractivity contribution in [1.29, 1.82) is 0 Å². The molecule has 0 radical (unpaired) electrons. The molecule has 0 spiro atoms. The Morgan fingerprint density at radius 3 is 2.94 bits per heavy atom. The van der Waals surface area contributed by atoms with E-state index in [-0.39, 0.29) is 0 Å². The van der Waals surface area contributed by atoms with Gasteiger partial charge >= 0.3 is 0 Å². The van der Waals surface area contributed by atoms with Gasteiger partial charge in [-0.3, -0.25) is 0 Å². The zero-order valence-electron chi connectivity index (χ0n) is 10.4. The number of aryl methyl sites for hydroxylation is 1. The first kappa shape index (κ1) is 14.1. The Morgan fingerprint density at radius 1 is 1.44 bits per heavy atom. The lowest BCUT2D eigenvalue weighted by molar-refractivity contribution is 0.717. The monoisotopic (exact) mass is 342 g/mol. The summed E-state index contributed by atoms with van der Waals surface area (Å²) in [6, 6.07) is 6.40. The highest BCUT2D eigenvalue weighted by Crippen LogP contribution is 2.33. The van der Waals surface area contributed by atoms with E-state index in [1.165, 1.54) is 10.5 Å². The number of hydrogen-bond acceptors (Lipinski definition) is 4. The summed E-state index contributed by atoms with van der Waals surface area (Å²) in [6.45, 7) is 6.02. The summed E-state index contributed by atoms with van der Waals surface area (Å²) < 4.78 is 2.22. The highest BCUT2D eigenvalue weighted by Gasteiger charge is 2.07. The maximum absolute atomic E-state index is 4.50. The number of rotatable bonds is 5. The van der Waals surface area contributed by atoms with Crippen LogP contribution in [-0.4, -0.2) is 11.5 Å². The van der Waals surface area contributed by atoms with Crippen molar-refractivity contribution in [2.24, 2.45) is 0 Å². The van der Waals surface area contributed by atoms with Crippen molar-refractivity contribution in [1.82, 2.24) is 10.3 Å². The third kappa shape index (κ3) is 3.82. The van der Waals surface area contributed by atoms with Crippen LogP contribution in [0.15, 0.2) is 37.3 Å². The molecule has 2 rings (SSSR count). The van der Waals surface area contributed by atoms with Crippen molar-refractivity contribution in [3.8, 4) is 0 Å². The Bertz CT molecular complexity index is 525. The number of nitrogens with one attached hydrogen (secondary N) is 1. The molecule has 0 bridgehead atoms. The van der Waals surface area contributed by atoms with Gasteiger partial charge in [-0.15, -0.1) is 11.3 Å². The summed E-state index contributed by atoms with van der Waals surface area (Å²) >= 11 is 6.97. The standard InChI is InChI=1S/C13H15BrN2S2/c1-3-15-7-10-6-11(14)4-5-12(10)18-13-16-9(2)8-17-13/h4-6,8,15H,3,7H2,1-2H3. The number of hydrogen-bond donors (Lipinski definition) is 1. The minimum absolute atomic E-state index is 0.891. The fraction of sp³-hybridized carbons (Fsp3) is 0.308. The summed E-state index contributed by atoms with van der Waals surface area (Å²) in [7, 11) is 0. The van der Waals surface area contributed by atoms with Gasteiger partial charge in [0.1, 0.15) is 0 Å². The first-order valence-corrected chi connectivity index (χ1v) is 8.27. The molecule has 0 saturated heterocycles. The molecule has 0 fully saturated rings. The van der Waals surface area contributed by atoms with E-state index in [4.69, 9.17) is 0 Å². The first-order valence-electron chi connectivity index (χ1n) is 5.78. The van der Waals surface area contributed by atoms with Crippen LogP contribution in [-0.2, 0) is 6.54 Å². The van der Waals surface area contributed by atoms with Crippen LogP contribution in [0.5, 0.6) is 0 Å². The van der Waals surface area contributed by atoms with Crippen molar-refractivity contribution in [2.45, 2.75) is 29.6 Å². The molecule has 0 aliphatic heterocycles. The molecule has 0 unspecified atom stereocenters. The number of halogens is 1. The highest BCUT2D eigenvalue weighted by atomic mass is 79.9. The molecule has 96 valence electrons. The van der Waals surface area contributed by atoms with Gasteiger partial charge in [-0.05, 0) is 37.2 Å². The van der Waals surface area contributed by atoms with Gasteiger partial charge in [0.2, 0.25) is 0 Å². The van der Waals surface area contributed by atoms with Crippen molar-refractivity contribution < 1.29 is 0 Å². The maximum Gasteiger partial charge on any atom is 0.154 e. The largest absolute Gasteiger partial charge is 0.313 e. The summed E-state index contributed by atoms with van der Waals surface area (Å²) in [5.74, 6) is 0. The average molecular weight is 343 g/mol. The quantitative estimate of drug-likeness (QED) is 0.867. The number of thiazole rings is 1. The summed E-state index contributed by atoms with van der Waals surface area (Å²) in [6.07, 6.45) is 0. The van der Waals surface area contributed by atoms with Gasteiger partial charge in [-0.2, -0.15) is 0 Å². The van der Waals surface area contributed by atoms with E-state index in [2.05, 4.69) is 56.7 Å². The number of benzene rings is 1. The Morgan fingerprint density at radius 2 is 2.28 bits per heavy atom. The van der Waals surface area contributed by atoms with Gasteiger partial charge < -0.3 is 5.32 Å². The van der Waals surface area contributed by atoms with Crippen LogP contribution in [0.1, 0.15) is 18.2 Å². The average Bonchev–Trinajstić information content (AvgIpc) is 2.75. The van der Waals surface area contributed by atoms with Gasteiger partial charge in [-0.1, -0.05) is 34.6 Å². The van der Waals surface area contributed by atoms with Crippen LogP contribution in [0.25, 0.3) is 0 Å². The minimum Gasteiger partial charge on any atom is -0.313 e. The molecule has 2 nitrogen and oxygen atoms in total. The van der Waals surface area contributed by atoms with Crippen molar-refractivity contribution >= 4 is 39.0 Å². The van der Waals surface area contributed by atoms with E-state index < -0.39 is 0 Å². The molecule has 0 aliphatic rings. The fourth-order valence-electron chi connectivity index (χ4n) is 1.52. The van der Waals surface area contributed by atoms with Crippen molar-refractivity contribution in [2.75, 3.05) is 6.54 Å². The van der Waals surface area contributed by atoms with Crippen LogP contribution in [0, 0.1) is 6.92 Å². The second-order valence-electron chi connectivity index (χ2n) is 3.89. The first-order chi connectivity index (χ1) is 8.69. The van der Waals surface area contributed by atoms with Crippen molar-refractivity contribution in [3.05, 3.63) is 39.3 Å². The van der Waals surface area contributed by atoms with Gasteiger partial charge in [0, 0.05) is 27.0 Å². The molecule has 1 aromatic heterocycles. The normalized spacial score (nSPS) is 10.8. The van der Waals surface area contributed by atoms with E-state index in [0.717, 1.165) is 27.6 Å². The fourth-order valence-corrected chi connectivity index (χ4v) is 3.83. The van der Waals surface area contributed by atoms with Crippen LogP contribution >= 0.6 is 39.0 Å². The third-order valence-corrected chi connectivity index (χ3v) is 5.05. The van der Waals surface area contributed by atoms with Gasteiger partial charge in [-0.25, -0.2) is 4.98 Å². The summed E-state index contributed by atoms with van der Waals surface area (Å²) in [5, 5.41) is 5.46. The van der Waals surface area contributed by atoms with Crippen LogP contribution in [0.3, 0.4) is 0 Å². The SMILES string of the molecule is CCNCc1cc(Br)ccc1Sc1nc(C)cs1. The molecule has 1 N–H and O–H groups in total. The Labute approximate surface area is 124 Å². The number of aromatic nitrogens is 1. The Kier molecular flexibility index (Phi) is 5.24. The van der Waals surface area contributed by atoms with Gasteiger partial charge in [0.05, 0.1) is 0 Å². The topological polar surface area (TPSA) is 24.9 Å². The third-order valence-electron chi connectivity index (χ3n) is 2.38. The molecule has 18 heavy (non-hydrogen) atoms. The number of nitrogens with zero attached hydrogens (tertiary/aromatic N) is 1. The summed E-state index contributed by atoms with van der Waals surface area (Å²) in [4.78, 5) is 5.77. The lowest BCUT2D eigenvalue weighted by atomic mass is 10.2. The van der Waals surface area contributed by atoms with Gasteiger partial charge in [0.15, 0.2) is 4.34 Å². The van der Waals surface area contributed by atoms with E-state index >= 15 is 0 Å². The predicted octanol–water partition coefficient (Wildman–Crippen LogP) is 4.47. The molecule has 2 aromatic rings. The smallest absolute Gasteiger partial charge is 0.154 e. The van der Waals surface area contributed by atoms with Crippen LogP contribution < -0.4 is 5.32 Å². The predicted molar refractivity (Wildman–Crippen MR) is 82.5 cm³/mol.